The van der Waals surface area contributed by atoms with Crippen LogP contribution < -0.4 is 10.1 Å². The van der Waals surface area contributed by atoms with Gasteiger partial charge in [0, 0.05) is 16.9 Å². The van der Waals surface area contributed by atoms with Gasteiger partial charge in [0.25, 0.3) is 0 Å². The molecule has 0 atom stereocenters. The van der Waals surface area contributed by atoms with Crippen LogP contribution in [0.3, 0.4) is 0 Å². The summed E-state index contributed by atoms with van der Waals surface area (Å²) in [6, 6.07) is 5.65. The maximum absolute atomic E-state index is 5.96. The van der Waals surface area contributed by atoms with Gasteiger partial charge in [0.1, 0.15) is 17.4 Å². The summed E-state index contributed by atoms with van der Waals surface area (Å²) in [4.78, 5) is 4.51. The van der Waals surface area contributed by atoms with Gasteiger partial charge in [-0.15, -0.1) is 11.3 Å². The van der Waals surface area contributed by atoms with Gasteiger partial charge in [-0.25, -0.2) is 4.98 Å². The normalized spacial score (nSPS) is 10.7. The number of nitrogens with zero attached hydrogens (tertiary/aromatic N) is 1. The Bertz CT molecular complexity index is 542. The van der Waals surface area contributed by atoms with E-state index in [0.29, 0.717) is 11.6 Å². The van der Waals surface area contributed by atoms with Crippen molar-refractivity contribution in [2.45, 2.75) is 27.0 Å². The topological polar surface area (TPSA) is 34.2 Å². The minimum Gasteiger partial charge on any atom is -0.487 e. The van der Waals surface area contributed by atoms with Crippen molar-refractivity contribution in [2.24, 2.45) is 0 Å². The van der Waals surface area contributed by atoms with Gasteiger partial charge in [-0.1, -0.05) is 24.6 Å². The van der Waals surface area contributed by atoms with Crippen LogP contribution in [0.5, 0.6) is 5.75 Å². The van der Waals surface area contributed by atoms with Crippen molar-refractivity contribution in [3.63, 3.8) is 0 Å². The number of rotatable bonds is 6. The minimum absolute atomic E-state index is 0.476. The van der Waals surface area contributed by atoms with E-state index in [1.165, 1.54) is 0 Å². The molecule has 19 heavy (non-hydrogen) atoms. The van der Waals surface area contributed by atoms with Gasteiger partial charge in [-0.05, 0) is 31.2 Å². The highest BCUT2D eigenvalue weighted by Crippen LogP contribution is 2.23. The Hall–Kier alpha value is -1.10. The third-order valence-corrected chi connectivity index (χ3v) is 3.78. The molecule has 0 aliphatic heterocycles. The zero-order chi connectivity index (χ0) is 13.7. The molecule has 0 radical (unpaired) electrons. The molecule has 0 aliphatic rings. The Morgan fingerprint density at radius 3 is 3.05 bits per heavy atom. The predicted molar refractivity (Wildman–Crippen MR) is 80.0 cm³/mol. The van der Waals surface area contributed by atoms with Crippen molar-refractivity contribution in [3.05, 3.63) is 44.9 Å². The molecule has 0 amide bonds. The molecule has 0 spiro atoms. The van der Waals surface area contributed by atoms with Crippen LogP contribution in [-0.2, 0) is 13.2 Å². The largest absolute Gasteiger partial charge is 0.487 e. The molecule has 2 rings (SSSR count). The van der Waals surface area contributed by atoms with E-state index in [1.54, 1.807) is 11.3 Å². The van der Waals surface area contributed by atoms with Gasteiger partial charge in [0.15, 0.2) is 0 Å². The first-order valence-electron chi connectivity index (χ1n) is 6.22. The summed E-state index contributed by atoms with van der Waals surface area (Å²) < 4.78 is 5.76. The zero-order valence-corrected chi connectivity index (χ0v) is 12.6. The van der Waals surface area contributed by atoms with Crippen molar-refractivity contribution in [1.29, 1.82) is 0 Å². The van der Waals surface area contributed by atoms with Gasteiger partial charge in [0.2, 0.25) is 0 Å². The van der Waals surface area contributed by atoms with Gasteiger partial charge in [-0.3, -0.25) is 0 Å². The molecule has 5 heteroatoms. The summed E-state index contributed by atoms with van der Waals surface area (Å²) >= 11 is 7.61. The number of thiazole rings is 1. The number of aryl methyl sites for hydroxylation is 1. The molecule has 3 nitrogen and oxygen atoms in total. The second-order valence-corrected chi connectivity index (χ2v) is 5.59. The highest BCUT2D eigenvalue weighted by Gasteiger charge is 2.05. The SMILES string of the molecule is CCNCc1nc(COc2cc(Cl)ccc2C)cs1. The third-order valence-electron chi connectivity index (χ3n) is 2.65. The van der Waals surface area contributed by atoms with E-state index in [0.717, 1.165) is 35.1 Å². The average molecular weight is 297 g/mol. The Morgan fingerprint density at radius 1 is 1.42 bits per heavy atom. The van der Waals surface area contributed by atoms with Crippen LogP contribution in [0.25, 0.3) is 0 Å². The van der Waals surface area contributed by atoms with E-state index < -0.39 is 0 Å². The molecule has 1 aromatic heterocycles. The summed E-state index contributed by atoms with van der Waals surface area (Å²) in [7, 11) is 0. The number of halogens is 1. The lowest BCUT2D eigenvalue weighted by atomic mass is 10.2. The van der Waals surface area contributed by atoms with Gasteiger partial charge >= 0.3 is 0 Å². The lowest BCUT2D eigenvalue weighted by Crippen LogP contribution is -2.11. The van der Waals surface area contributed by atoms with Gasteiger partial charge in [-0.2, -0.15) is 0 Å². The number of nitrogens with one attached hydrogen (secondary N) is 1. The molecule has 0 saturated carbocycles. The second kappa shape index (κ2) is 6.89. The minimum atomic E-state index is 0.476. The van der Waals surface area contributed by atoms with Crippen LogP contribution in [0.4, 0.5) is 0 Å². The fourth-order valence-corrected chi connectivity index (χ4v) is 2.52. The fraction of sp³-hybridized carbons (Fsp3) is 0.357. The van der Waals surface area contributed by atoms with E-state index in [4.69, 9.17) is 16.3 Å². The Labute approximate surface area is 122 Å². The molecule has 1 heterocycles. The van der Waals surface area contributed by atoms with Crippen molar-refractivity contribution in [2.75, 3.05) is 6.54 Å². The first-order valence-corrected chi connectivity index (χ1v) is 7.47. The van der Waals surface area contributed by atoms with Crippen LogP contribution in [-0.4, -0.2) is 11.5 Å². The third kappa shape index (κ3) is 4.20. The van der Waals surface area contributed by atoms with E-state index in [2.05, 4.69) is 17.2 Å². The lowest BCUT2D eigenvalue weighted by Gasteiger charge is -2.07. The van der Waals surface area contributed by atoms with E-state index in [1.807, 2.05) is 30.5 Å². The second-order valence-electron chi connectivity index (χ2n) is 4.21. The standard InChI is InChI=1S/C14H17ClN2OS/c1-3-16-7-14-17-12(9-19-14)8-18-13-6-11(15)5-4-10(13)2/h4-6,9,16H,3,7-8H2,1-2H3. The molecule has 102 valence electrons. The quantitative estimate of drug-likeness (QED) is 0.880. The molecular weight excluding hydrogens is 280 g/mol. The molecule has 0 aliphatic carbocycles. The van der Waals surface area contributed by atoms with Gasteiger partial charge in [0.05, 0.1) is 5.69 Å². The number of hydrogen-bond donors (Lipinski definition) is 1. The van der Waals surface area contributed by atoms with Crippen molar-refractivity contribution >= 4 is 22.9 Å². The van der Waals surface area contributed by atoms with Crippen molar-refractivity contribution in [1.82, 2.24) is 10.3 Å². The molecule has 1 N–H and O–H groups in total. The molecule has 0 saturated heterocycles. The predicted octanol–water partition coefficient (Wildman–Crippen LogP) is 3.79. The first-order chi connectivity index (χ1) is 9.19. The average Bonchev–Trinajstić information content (AvgIpc) is 2.85. The Kier molecular flexibility index (Phi) is 5.19. The highest BCUT2D eigenvalue weighted by atomic mass is 35.5. The van der Waals surface area contributed by atoms with Crippen LogP contribution in [0.15, 0.2) is 23.6 Å². The summed E-state index contributed by atoms with van der Waals surface area (Å²) in [5.74, 6) is 0.814. The Morgan fingerprint density at radius 2 is 2.26 bits per heavy atom. The number of ether oxygens (including phenoxy) is 1. The first kappa shape index (κ1) is 14.3. The molecule has 0 unspecified atom stereocenters. The van der Waals surface area contributed by atoms with Crippen LogP contribution in [0.1, 0.15) is 23.2 Å². The van der Waals surface area contributed by atoms with Crippen LogP contribution in [0.2, 0.25) is 5.02 Å². The lowest BCUT2D eigenvalue weighted by molar-refractivity contribution is 0.300. The summed E-state index contributed by atoms with van der Waals surface area (Å²) in [6.07, 6.45) is 0. The van der Waals surface area contributed by atoms with Gasteiger partial charge < -0.3 is 10.1 Å². The van der Waals surface area contributed by atoms with Crippen molar-refractivity contribution < 1.29 is 4.74 Å². The maximum Gasteiger partial charge on any atom is 0.131 e. The summed E-state index contributed by atoms with van der Waals surface area (Å²) in [6.45, 7) is 6.33. The molecule has 1 aromatic carbocycles. The fourth-order valence-electron chi connectivity index (χ4n) is 1.61. The zero-order valence-electron chi connectivity index (χ0n) is 11.1. The number of benzene rings is 1. The highest BCUT2D eigenvalue weighted by molar-refractivity contribution is 7.09. The monoisotopic (exact) mass is 296 g/mol. The summed E-state index contributed by atoms with van der Waals surface area (Å²) in [5, 5.41) is 7.07. The molecule has 0 bridgehead atoms. The van der Waals surface area contributed by atoms with E-state index in [-0.39, 0.29) is 0 Å². The van der Waals surface area contributed by atoms with E-state index in [9.17, 15) is 0 Å². The molecular formula is C14H17ClN2OS. The molecule has 0 fully saturated rings. The smallest absolute Gasteiger partial charge is 0.131 e. The Balaban J connectivity index is 1.94. The van der Waals surface area contributed by atoms with E-state index >= 15 is 0 Å². The maximum atomic E-state index is 5.96. The number of aromatic nitrogens is 1. The molecule has 2 aromatic rings. The van der Waals surface area contributed by atoms with Crippen LogP contribution in [0, 0.1) is 6.92 Å². The van der Waals surface area contributed by atoms with Crippen LogP contribution >= 0.6 is 22.9 Å². The summed E-state index contributed by atoms with van der Waals surface area (Å²) in [5.41, 5.74) is 2.03. The number of hydrogen-bond acceptors (Lipinski definition) is 4. The van der Waals surface area contributed by atoms with Crippen molar-refractivity contribution in [3.8, 4) is 5.75 Å².